The van der Waals surface area contributed by atoms with Gasteiger partial charge in [-0.15, -0.1) is 0 Å². The van der Waals surface area contributed by atoms with E-state index in [4.69, 9.17) is 0 Å². The van der Waals surface area contributed by atoms with E-state index >= 15 is 0 Å². The first-order chi connectivity index (χ1) is 8.88. The molecule has 0 aliphatic heterocycles. The van der Waals surface area contributed by atoms with Crippen LogP contribution in [0.1, 0.15) is 32.2 Å². The molecule has 0 amide bonds. The highest BCUT2D eigenvalue weighted by atomic mass is 16.1. The molecule has 4 heteroatoms. The van der Waals surface area contributed by atoms with Crippen molar-refractivity contribution in [3.63, 3.8) is 0 Å². The first-order valence-electron chi connectivity index (χ1n) is 6.55. The third-order valence-electron chi connectivity index (χ3n) is 3.32. The standard InChI is InChI=1S/C15H21N3O/c1-10(19)8-16-9-15(3,4)12-5-6-13-14(7-12)18-11(2)17-13/h5-7,16H,8-9H2,1-4H3,(H,17,18). The van der Waals surface area contributed by atoms with Crippen molar-refractivity contribution in [3.8, 4) is 0 Å². The lowest BCUT2D eigenvalue weighted by Gasteiger charge is -2.25. The summed E-state index contributed by atoms with van der Waals surface area (Å²) >= 11 is 0. The Kier molecular flexibility index (Phi) is 3.71. The Balaban J connectivity index is 2.19. The van der Waals surface area contributed by atoms with Crippen LogP contribution in [0.2, 0.25) is 0 Å². The molecule has 102 valence electrons. The molecule has 1 heterocycles. The summed E-state index contributed by atoms with van der Waals surface area (Å²) in [6.07, 6.45) is 0. The highest BCUT2D eigenvalue weighted by Crippen LogP contribution is 2.25. The van der Waals surface area contributed by atoms with Gasteiger partial charge >= 0.3 is 0 Å². The van der Waals surface area contributed by atoms with Gasteiger partial charge in [0.05, 0.1) is 17.6 Å². The zero-order valence-corrected chi connectivity index (χ0v) is 12.0. The number of rotatable bonds is 5. The van der Waals surface area contributed by atoms with Crippen LogP contribution >= 0.6 is 0 Å². The SMILES string of the molecule is CC(=O)CNCC(C)(C)c1ccc2nc(C)[nH]c2c1. The molecule has 0 fully saturated rings. The molecule has 0 saturated carbocycles. The third-order valence-corrected chi connectivity index (χ3v) is 3.32. The molecule has 4 nitrogen and oxygen atoms in total. The van der Waals surface area contributed by atoms with E-state index in [0.717, 1.165) is 23.4 Å². The van der Waals surface area contributed by atoms with Gasteiger partial charge in [-0.1, -0.05) is 19.9 Å². The summed E-state index contributed by atoms with van der Waals surface area (Å²) in [6.45, 7) is 9.09. The van der Waals surface area contributed by atoms with E-state index < -0.39 is 0 Å². The average Bonchev–Trinajstić information content (AvgIpc) is 2.67. The lowest BCUT2D eigenvalue weighted by Crippen LogP contribution is -2.35. The van der Waals surface area contributed by atoms with Crippen LogP contribution in [0, 0.1) is 6.92 Å². The molecule has 19 heavy (non-hydrogen) atoms. The number of nitrogens with zero attached hydrogens (tertiary/aromatic N) is 1. The van der Waals surface area contributed by atoms with Gasteiger partial charge < -0.3 is 10.3 Å². The Labute approximate surface area is 113 Å². The van der Waals surface area contributed by atoms with Crippen molar-refractivity contribution in [3.05, 3.63) is 29.6 Å². The average molecular weight is 259 g/mol. The van der Waals surface area contributed by atoms with Gasteiger partial charge in [-0.3, -0.25) is 4.79 Å². The monoisotopic (exact) mass is 259 g/mol. The van der Waals surface area contributed by atoms with Crippen LogP contribution in [0.3, 0.4) is 0 Å². The van der Waals surface area contributed by atoms with Gasteiger partial charge in [0.1, 0.15) is 11.6 Å². The number of fused-ring (bicyclic) bond motifs is 1. The maximum atomic E-state index is 11.0. The quantitative estimate of drug-likeness (QED) is 0.866. The predicted octanol–water partition coefficient (Wildman–Crippen LogP) is 2.33. The summed E-state index contributed by atoms with van der Waals surface area (Å²) < 4.78 is 0. The molecule has 0 saturated heterocycles. The summed E-state index contributed by atoms with van der Waals surface area (Å²) in [4.78, 5) is 18.6. The minimum atomic E-state index is -0.0251. The largest absolute Gasteiger partial charge is 0.342 e. The zero-order valence-electron chi connectivity index (χ0n) is 12.0. The second-order valence-corrected chi connectivity index (χ2v) is 5.74. The Bertz CT molecular complexity index is 598. The Morgan fingerprint density at radius 3 is 2.84 bits per heavy atom. The number of ketones is 1. The predicted molar refractivity (Wildman–Crippen MR) is 77.4 cm³/mol. The summed E-state index contributed by atoms with van der Waals surface area (Å²) in [6, 6.07) is 6.30. The van der Waals surface area contributed by atoms with Crippen molar-refractivity contribution in [2.75, 3.05) is 13.1 Å². The number of aromatic amines is 1. The van der Waals surface area contributed by atoms with Crippen LogP contribution in [0.15, 0.2) is 18.2 Å². The fourth-order valence-electron chi connectivity index (χ4n) is 2.21. The Hall–Kier alpha value is -1.68. The summed E-state index contributed by atoms with van der Waals surface area (Å²) in [7, 11) is 0. The minimum absolute atomic E-state index is 0.0251. The van der Waals surface area contributed by atoms with E-state index in [9.17, 15) is 4.79 Å². The Morgan fingerprint density at radius 1 is 1.42 bits per heavy atom. The highest BCUT2D eigenvalue weighted by molar-refractivity contribution is 5.77. The lowest BCUT2D eigenvalue weighted by molar-refractivity contribution is -0.116. The van der Waals surface area contributed by atoms with Crippen molar-refractivity contribution in [2.45, 2.75) is 33.1 Å². The van der Waals surface area contributed by atoms with Crippen molar-refractivity contribution >= 4 is 16.8 Å². The lowest BCUT2D eigenvalue weighted by atomic mass is 9.84. The maximum Gasteiger partial charge on any atom is 0.143 e. The van der Waals surface area contributed by atoms with Crippen molar-refractivity contribution in [1.82, 2.24) is 15.3 Å². The molecular weight excluding hydrogens is 238 g/mol. The maximum absolute atomic E-state index is 11.0. The van der Waals surface area contributed by atoms with E-state index in [1.807, 2.05) is 13.0 Å². The van der Waals surface area contributed by atoms with Gasteiger partial charge in [0.25, 0.3) is 0 Å². The van der Waals surface area contributed by atoms with Crippen molar-refractivity contribution < 1.29 is 4.79 Å². The normalized spacial score (nSPS) is 12.0. The van der Waals surface area contributed by atoms with Crippen LogP contribution in [0.5, 0.6) is 0 Å². The second kappa shape index (κ2) is 5.13. The summed E-state index contributed by atoms with van der Waals surface area (Å²) in [5, 5.41) is 3.20. The van der Waals surface area contributed by atoms with Gasteiger partial charge in [0.2, 0.25) is 0 Å². The molecular formula is C15H21N3O. The Morgan fingerprint density at radius 2 is 2.16 bits per heavy atom. The van der Waals surface area contributed by atoms with Crippen LogP contribution < -0.4 is 5.32 Å². The zero-order chi connectivity index (χ0) is 14.0. The van der Waals surface area contributed by atoms with Crippen LogP contribution in [0.25, 0.3) is 11.0 Å². The van der Waals surface area contributed by atoms with E-state index in [2.05, 4.69) is 41.3 Å². The first kappa shape index (κ1) is 13.7. The molecule has 0 aliphatic carbocycles. The van der Waals surface area contributed by atoms with Gasteiger partial charge in [-0.05, 0) is 31.5 Å². The molecule has 0 radical (unpaired) electrons. The number of hydrogen-bond acceptors (Lipinski definition) is 3. The number of hydrogen-bond donors (Lipinski definition) is 2. The van der Waals surface area contributed by atoms with Gasteiger partial charge in [0, 0.05) is 12.0 Å². The molecule has 1 aromatic carbocycles. The number of H-pyrrole nitrogens is 1. The number of carbonyl (C=O) groups excluding carboxylic acids is 1. The van der Waals surface area contributed by atoms with E-state index in [1.165, 1.54) is 5.56 Å². The fraction of sp³-hybridized carbons (Fsp3) is 0.467. The fourth-order valence-corrected chi connectivity index (χ4v) is 2.21. The van der Waals surface area contributed by atoms with Crippen molar-refractivity contribution in [2.24, 2.45) is 0 Å². The third kappa shape index (κ3) is 3.20. The number of benzene rings is 1. The smallest absolute Gasteiger partial charge is 0.143 e. The first-order valence-corrected chi connectivity index (χ1v) is 6.55. The van der Waals surface area contributed by atoms with Crippen LogP contribution in [0.4, 0.5) is 0 Å². The van der Waals surface area contributed by atoms with Crippen LogP contribution in [-0.4, -0.2) is 28.8 Å². The molecule has 2 N–H and O–H groups in total. The molecule has 0 bridgehead atoms. The highest BCUT2D eigenvalue weighted by Gasteiger charge is 2.21. The molecule has 2 rings (SSSR count). The number of Topliss-reactive ketones (excluding diaryl/α,β-unsaturated/α-hetero) is 1. The summed E-state index contributed by atoms with van der Waals surface area (Å²) in [5.41, 5.74) is 3.27. The number of aryl methyl sites for hydroxylation is 1. The molecule has 0 aliphatic rings. The van der Waals surface area contributed by atoms with E-state index in [-0.39, 0.29) is 11.2 Å². The van der Waals surface area contributed by atoms with Crippen LogP contribution in [-0.2, 0) is 10.2 Å². The minimum Gasteiger partial charge on any atom is -0.342 e. The number of imidazole rings is 1. The number of nitrogens with one attached hydrogen (secondary N) is 2. The van der Waals surface area contributed by atoms with E-state index in [0.29, 0.717) is 6.54 Å². The summed E-state index contributed by atoms with van der Waals surface area (Å²) in [5.74, 6) is 1.09. The molecule has 0 unspecified atom stereocenters. The van der Waals surface area contributed by atoms with E-state index in [1.54, 1.807) is 6.92 Å². The topological polar surface area (TPSA) is 57.8 Å². The number of carbonyl (C=O) groups is 1. The molecule has 0 atom stereocenters. The second-order valence-electron chi connectivity index (χ2n) is 5.74. The molecule has 2 aromatic rings. The number of aromatic nitrogens is 2. The molecule has 1 aromatic heterocycles. The van der Waals surface area contributed by atoms with Gasteiger partial charge in [-0.25, -0.2) is 4.98 Å². The van der Waals surface area contributed by atoms with Crippen molar-refractivity contribution in [1.29, 1.82) is 0 Å². The van der Waals surface area contributed by atoms with Gasteiger partial charge in [-0.2, -0.15) is 0 Å². The van der Waals surface area contributed by atoms with Gasteiger partial charge in [0.15, 0.2) is 0 Å². The molecule has 0 spiro atoms.